The van der Waals surface area contributed by atoms with E-state index in [9.17, 15) is 23.2 Å². The van der Waals surface area contributed by atoms with Crippen LogP contribution in [-0.2, 0) is 6.42 Å². The number of halogens is 2. The third-order valence-corrected chi connectivity index (χ3v) is 4.49. The van der Waals surface area contributed by atoms with Crippen molar-refractivity contribution < 1.29 is 23.5 Å². The number of aromatic amines is 1. The Labute approximate surface area is 179 Å². The maximum absolute atomic E-state index is 13.3. The number of aryl methyl sites for hydroxylation is 1. The predicted octanol–water partition coefficient (Wildman–Crippen LogP) is 2.08. The Kier molecular flexibility index (Phi) is 6.38. The lowest BCUT2D eigenvalue weighted by Gasteiger charge is -2.05. The monoisotopic (exact) mass is 441 g/mol. The fraction of sp³-hybridized carbons (Fsp3) is 0.0952. The lowest BCUT2D eigenvalue weighted by atomic mass is 10.0. The van der Waals surface area contributed by atoms with Crippen LogP contribution in [0.25, 0.3) is 5.65 Å². The smallest absolute Gasteiger partial charge is 0.373 e. The first-order chi connectivity index (χ1) is 15.2. The Morgan fingerprint density at radius 3 is 2.41 bits per heavy atom. The Morgan fingerprint density at radius 1 is 1.16 bits per heavy atom. The van der Waals surface area contributed by atoms with E-state index < -0.39 is 23.5 Å². The summed E-state index contributed by atoms with van der Waals surface area (Å²) in [6.07, 6.45) is 4.52. The minimum absolute atomic E-state index is 0.0785. The number of aromatic nitrogens is 4. The fourth-order valence-corrected chi connectivity index (χ4v) is 2.87. The minimum Gasteiger partial charge on any atom is -0.475 e. The molecule has 0 unspecified atom stereocenters. The molecule has 3 aromatic heterocycles. The molecule has 0 bridgehead atoms. The van der Waals surface area contributed by atoms with Crippen LogP contribution in [0.5, 0.6) is 0 Å². The van der Waals surface area contributed by atoms with Gasteiger partial charge in [0.25, 0.3) is 0 Å². The summed E-state index contributed by atoms with van der Waals surface area (Å²) >= 11 is 0. The van der Waals surface area contributed by atoms with Gasteiger partial charge in [-0.3, -0.25) is 14.6 Å². The summed E-state index contributed by atoms with van der Waals surface area (Å²) in [5.74, 6) is -3.92. The molecule has 1 amide bonds. The number of carbonyl (C=O) groups is 2. The SMILES string of the molecule is Cc1c(=O)c(Cc2ccc(F)c(F)c2)cn2nc(C(=O)O)[nH]c12.NC(=O)c1ccncc1. The Hall–Kier alpha value is -4.41. The van der Waals surface area contributed by atoms with Crippen molar-refractivity contribution in [3.63, 3.8) is 0 Å². The molecule has 0 saturated carbocycles. The fourth-order valence-electron chi connectivity index (χ4n) is 2.87. The van der Waals surface area contributed by atoms with Gasteiger partial charge in [0.2, 0.25) is 11.7 Å². The highest BCUT2D eigenvalue weighted by molar-refractivity contribution is 5.92. The van der Waals surface area contributed by atoms with Crippen molar-refractivity contribution in [1.29, 1.82) is 0 Å². The zero-order valence-corrected chi connectivity index (χ0v) is 16.7. The maximum Gasteiger partial charge on any atom is 0.373 e. The van der Waals surface area contributed by atoms with Gasteiger partial charge in [-0.1, -0.05) is 6.07 Å². The van der Waals surface area contributed by atoms with Crippen molar-refractivity contribution in [2.75, 3.05) is 0 Å². The average molecular weight is 441 g/mol. The summed E-state index contributed by atoms with van der Waals surface area (Å²) in [6, 6.07) is 6.54. The molecule has 32 heavy (non-hydrogen) atoms. The highest BCUT2D eigenvalue weighted by atomic mass is 19.2. The van der Waals surface area contributed by atoms with E-state index in [1.807, 2.05) is 0 Å². The van der Waals surface area contributed by atoms with E-state index >= 15 is 0 Å². The van der Waals surface area contributed by atoms with Gasteiger partial charge in [0.1, 0.15) is 5.65 Å². The lowest BCUT2D eigenvalue weighted by molar-refractivity contribution is 0.0683. The lowest BCUT2D eigenvalue weighted by Crippen LogP contribution is -2.15. The number of carboxylic acids is 1. The molecule has 3 heterocycles. The van der Waals surface area contributed by atoms with Crippen LogP contribution in [0.2, 0.25) is 0 Å². The second-order valence-electron chi connectivity index (χ2n) is 6.71. The number of aromatic carboxylic acids is 1. The molecule has 0 aliphatic rings. The van der Waals surface area contributed by atoms with Crippen LogP contribution in [0.4, 0.5) is 8.78 Å². The number of nitrogens with two attached hydrogens (primary N) is 1. The zero-order chi connectivity index (χ0) is 23.4. The van der Waals surface area contributed by atoms with Gasteiger partial charge in [-0.2, -0.15) is 0 Å². The standard InChI is InChI=1S/C15H11F2N3O3.C6H6N2O/c1-7-12(21)9(4-8-2-3-10(16)11(17)5-8)6-20-14(7)18-13(19-20)15(22)23;7-6(9)5-1-3-8-4-2-5/h2-3,5-6H,4H2,1H3,(H,18,19)(H,22,23);1-4H,(H2,7,9). The number of nitrogens with one attached hydrogen (secondary N) is 1. The quantitative estimate of drug-likeness (QED) is 0.442. The van der Waals surface area contributed by atoms with Gasteiger partial charge in [0.15, 0.2) is 17.1 Å². The summed E-state index contributed by atoms with van der Waals surface area (Å²) in [5, 5.41) is 12.8. The van der Waals surface area contributed by atoms with E-state index in [2.05, 4.69) is 15.1 Å². The summed E-state index contributed by atoms with van der Waals surface area (Å²) in [5.41, 5.74) is 6.43. The summed E-state index contributed by atoms with van der Waals surface area (Å²) in [7, 11) is 0. The molecular formula is C21H17F2N5O4. The molecule has 0 saturated heterocycles. The van der Waals surface area contributed by atoms with Crippen molar-refractivity contribution in [3.05, 3.63) is 98.9 Å². The molecule has 0 atom stereocenters. The first kappa shape index (κ1) is 22.3. The van der Waals surface area contributed by atoms with Crippen LogP contribution in [0.3, 0.4) is 0 Å². The number of fused-ring (bicyclic) bond motifs is 1. The number of hydrogen-bond acceptors (Lipinski definition) is 5. The third-order valence-electron chi connectivity index (χ3n) is 4.49. The van der Waals surface area contributed by atoms with Gasteiger partial charge in [0, 0.05) is 41.7 Å². The van der Waals surface area contributed by atoms with E-state index in [4.69, 9.17) is 10.8 Å². The number of hydrogen-bond donors (Lipinski definition) is 3. The number of carbonyl (C=O) groups excluding carboxylic acids is 1. The Balaban J connectivity index is 0.000000269. The molecular weight excluding hydrogens is 424 g/mol. The molecule has 164 valence electrons. The van der Waals surface area contributed by atoms with Crippen molar-refractivity contribution in [1.82, 2.24) is 19.6 Å². The molecule has 9 nitrogen and oxygen atoms in total. The van der Waals surface area contributed by atoms with E-state index in [1.165, 1.54) is 36.1 Å². The van der Waals surface area contributed by atoms with Crippen LogP contribution in [0, 0.1) is 18.6 Å². The van der Waals surface area contributed by atoms with Crippen LogP contribution in [0.1, 0.15) is 37.7 Å². The van der Waals surface area contributed by atoms with Crippen molar-refractivity contribution in [2.24, 2.45) is 5.73 Å². The summed E-state index contributed by atoms with van der Waals surface area (Å²) in [4.78, 5) is 40.0. The topological polar surface area (TPSA) is 143 Å². The largest absolute Gasteiger partial charge is 0.475 e. The average Bonchev–Trinajstić information content (AvgIpc) is 3.20. The number of rotatable bonds is 4. The number of pyridine rings is 2. The van der Waals surface area contributed by atoms with Crippen molar-refractivity contribution in [3.8, 4) is 0 Å². The number of benzene rings is 1. The van der Waals surface area contributed by atoms with Crippen LogP contribution >= 0.6 is 0 Å². The molecule has 0 aliphatic heterocycles. The van der Waals surface area contributed by atoms with Crippen molar-refractivity contribution in [2.45, 2.75) is 13.3 Å². The van der Waals surface area contributed by atoms with Gasteiger partial charge >= 0.3 is 5.97 Å². The molecule has 0 radical (unpaired) electrons. The van der Waals surface area contributed by atoms with Crippen LogP contribution in [-0.4, -0.2) is 36.6 Å². The first-order valence-electron chi connectivity index (χ1n) is 9.15. The highest BCUT2D eigenvalue weighted by Gasteiger charge is 2.15. The number of amides is 1. The van der Waals surface area contributed by atoms with Gasteiger partial charge in [0.05, 0.1) is 0 Å². The van der Waals surface area contributed by atoms with Gasteiger partial charge in [-0.15, -0.1) is 5.10 Å². The van der Waals surface area contributed by atoms with E-state index in [0.717, 1.165) is 12.1 Å². The molecule has 0 aliphatic carbocycles. The van der Waals surface area contributed by atoms with Crippen molar-refractivity contribution >= 4 is 17.5 Å². The molecule has 11 heteroatoms. The van der Waals surface area contributed by atoms with E-state index in [-0.39, 0.29) is 23.3 Å². The van der Waals surface area contributed by atoms with E-state index in [1.54, 1.807) is 12.1 Å². The molecule has 4 N–H and O–H groups in total. The van der Waals surface area contributed by atoms with Gasteiger partial charge in [-0.05, 0) is 36.8 Å². The Morgan fingerprint density at radius 2 is 1.84 bits per heavy atom. The van der Waals surface area contributed by atoms with Gasteiger partial charge in [-0.25, -0.2) is 18.1 Å². The number of nitrogens with zero attached hydrogens (tertiary/aromatic N) is 3. The first-order valence-corrected chi connectivity index (χ1v) is 9.15. The highest BCUT2D eigenvalue weighted by Crippen LogP contribution is 2.13. The molecule has 4 rings (SSSR count). The normalized spacial score (nSPS) is 10.5. The maximum atomic E-state index is 13.3. The molecule has 1 aromatic carbocycles. The second-order valence-corrected chi connectivity index (χ2v) is 6.71. The number of carboxylic acid groups (broad SMARTS) is 1. The number of primary amides is 1. The Bertz CT molecular complexity index is 1370. The van der Waals surface area contributed by atoms with Crippen LogP contribution < -0.4 is 11.2 Å². The van der Waals surface area contributed by atoms with E-state index in [0.29, 0.717) is 22.3 Å². The molecule has 0 fully saturated rings. The minimum atomic E-state index is -1.25. The predicted molar refractivity (Wildman–Crippen MR) is 109 cm³/mol. The second kappa shape index (κ2) is 9.16. The molecule has 0 spiro atoms. The molecule has 4 aromatic rings. The van der Waals surface area contributed by atoms with Gasteiger partial charge < -0.3 is 15.8 Å². The summed E-state index contributed by atoms with van der Waals surface area (Å²) in [6.45, 7) is 1.54. The summed E-state index contributed by atoms with van der Waals surface area (Å²) < 4.78 is 27.5. The van der Waals surface area contributed by atoms with Crippen LogP contribution in [0.15, 0.2) is 53.7 Å². The zero-order valence-electron chi connectivity index (χ0n) is 16.7. The third kappa shape index (κ3) is 4.83. The number of H-pyrrole nitrogens is 1.